The lowest BCUT2D eigenvalue weighted by Gasteiger charge is -2.25. The molecule has 2 saturated heterocycles. The summed E-state index contributed by atoms with van der Waals surface area (Å²) in [5.74, 6) is 0.467. The van der Waals surface area contributed by atoms with Crippen molar-refractivity contribution in [2.24, 2.45) is 5.92 Å². The molecule has 31 heavy (non-hydrogen) atoms. The van der Waals surface area contributed by atoms with Gasteiger partial charge in [-0.15, -0.1) is 11.3 Å². The van der Waals surface area contributed by atoms with Gasteiger partial charge in [0.05, 0.1) is 11.7 Å². The number of nitrogens with one attached hydrogen (secondary N) is 1. The lowest BCUT2D eigenvalue weighted by Crippen LogP contribution is -2.24. The van der Waals surface area contributed by atoms with E-state index in [4.69, 9.17) is 9.72 Å². The summed E-state index contributed by atoms with van der Waals surface area (Å²) >= 11 is 1.51. The molecule has 6 nitrogen and oxygen atoms in total. The van der Waals surface area contributed by atoms with Gasteiger partial charge in [-0.3, -0.25) is 10.1 Å². The smallest absolute Gasteiger partial charge is 0.274 e. The van der Waals surface area contributed by atoms with Gasteiger partial charge in [-0.25, -0.2) is 4.98 Å². The van der Waals surface area contributed by atoms with Crippen LogP contribution in [-0.2, 0) is 11.3 Å². The Morgan fingerprint density at radius 3 is 2.81 bits per heavy atom. The number of hydrogen-bond donors (Lipinski definition) is 1. The first-order valence-corrected chi connectivity index (χ1v) is 12.0. The lowest BCUT2D eigenvalue weighted by molar-refractivity contribution is 0.0610. The van der Waals surface area contributed by atoms with Crippen LogP contribution >= 0.6 is 11.3 Å². The Morgan fingerprint density at radius 2 is 1.97 bits per heavy atom. The van der Waals surface area contributed by atoms with Crippen LogP contribution in [-0.4, -0.2) is 35.2 Å². The second-order valence-electron chi connectivity index (χ2n) is 8.32. The number of ether oxygens (including phenoxy) is 1. The summed E-state index contributed by atoms with van der Waals surface area (Å²) in [5, 5.41) is 5.78. The van der Waals surface area contributed by atoms with E-state index in [0.29, 0.717) is 16.7 Å². The van der Waals surface area contributed by atoms with Crippen LogP contribution in [0.4, 0.5) is 10.8 Å². The number of thiazole rings is 1. The SMILES string of the molecule is O=C(Nc1nc(C2CCCN2c2ccccc2)cs1)c1cccn1CC1CCOCC1. The van der Waals surface area contributed by atoms with Gasteiger partial charge in [0.15, 0.2) is 5.13 Å². The number of para-hydroxylation sites is 1. The minimum atomic E-state index is -0.0932. The Hall–Kier alpha value is -2.64. The Balaban J connectivity index is 1.26. The lowest BCUT2D eigenvalue weighted by atomic mass is 10.0. The maximum Gasteiger partial charge on any atom is 0.274 e. The number of rotatable bonds is 6. The van der Waals surface area contributed by atoms with Gasteiger partial charge < -0.3 is 14.2 Å². The molecule has 1 aromatic carbocycles. The Bertz CT molecular complexity index is 1010. The molecule has 5 rings (SSSR count). The van der Waals surface area contributed by atoms with Crippen molar-refractivity contribution in [2.45, 2.75) is 38.3 Å². The second-order valence-corrected chi connectivity index (χ2v) is 9.18. The number of amides is 1. The topological polar surface area (TPSA) is 59.4 Å². The molecule has 0 spiro atoms. The van der Waals surface area contributed by atoms with Gasteiger partial charge in [0.1, 0.15) is 5.69 Å². The number of anilines is 2. The summed E-state index contributed by atoms with van der Waals surface area (Å²) in [5.41, 5.74) is 2.96. The molecule has 1 N–H and O–H groups in total. The molecule has 1 unspecified atom stereocenters. The van der Waals surface area contributed by atoms with E-state index in [1.807, 2.05) is 24.4 Å². The van der Waals surface area contributed by atoms with Crippen LogP contribution in [0.1, 0.15) is 47.9 Å². The maximum atomic E-state index is 13.0. The molecule has 162 valence electrons. The first kappa shape index (κ1) is 20.3. The molecule has 1 atom stereocenters. The quantitative estimate of drug-likeness (QED) is 0.593. The van der Waals surface area contributed by atoms with Gasteiger partial charge in [0.25, 0.3) is 5.91 Å². The highest BCUT2D eigenvalue weighted by Crippen LogP contribution is 2.37. The predicted octanol–water partition coefficient (Wildman–Crippen LogP) is 4.97. The highest BCUT2D eigenvalue weighted by molar-refractivity contribution is 7.14. The maximum absolute atomic E-state index is 13.0. The highest BCUT2D eigenvalue weighted by Gasteiger charge is 2.28. The van der Waals surface area contributed by atoms with Crippen LogP contribution in [0.2, 0.25) is 0 Å². The number of aromatic nitrogens is 2. The Labute approximate surface area is 186 Å². The number of carbonyl (C=O) groups excluding carboxylic acids is 1. The fourth-order valence-corrected chi connectivity index (χ4v) is 5.40. The molecule has 4 heterocycles. The van der Waals surface area contributed by atoms with Crippen LogP contribution < -0.4 is 10.2 Å². The third kappa shape index (κ3) is 4.52. The molecule has 0 bridgehead atoms. The van der Waals surface area contributed by atoms with Crippen LogP contribution in [0.5, 0.6) is 0 Å². The van der Waals surface area contributed by atoms with Crippen LogP contribution in [0.25, 0.3) is 0 Å². The minimum absolute atomic E-state index is 0.0932. The molecule has 2 aliphatic rings. The van der Waals surface area contributed by atoms with Crippen molar-refractivity contribution in [1.29, 1.82) is 0 Å². The molecule has 0 radical (unpaired) electrons. The standard InChI is InChI=1S/C24H28N4O2S/c29-23(22-9-4-12-27(22)16-18-10-14-30-15-11-18)26-24-25-20(17-31-24)21-8-5-13-28(21)19-6-2-1-3-7-19/h1-4,6-7,9,12,17-18,21H,5,8,10-11,13-16H2,(H,25,26,29). The molecule has 2 aliphatic heterocycles. The summed E-state index contributed by atoms with van der Waals surface area (Å²) in [6.45, 7) is 3.52. The fraction of sp³-hybridized carbons (Fsp3) is 0.417. The van der Waals surface area contributed by atoms with Crippen molar-refractivity contribution < 1.29 is 9.53 Å². The molecule has 2 aromatic heterocycles. The summed E-state index contributed by atoms with van der Waals surface area (Å²) in [7, 11) is 0. The average molecular weight is 437 g/mol. The van der Waals surface area contributed by atoms with E-state index in [2.05, 4.69) is 44.4 Å². The Kier molecular flexibility index (Phi) is 6.04. The summed E-state index contributed by atoms with van der Waals surface area (Å²) in [4.78, 5) is 20.2. The average Bonchev–Trinajstić information content (AvgIpc) is 3.56. The normalized spacial score (nSPS) is 19.6. The molecule has 0 saturated carbocycles. The van der Waals surface area contributed by atoms with Crippen molar-refractivity contribution in [3.63, 3.8) is 0 Å². The minimum Gasteiger partial charge on any atom is -0.381 e. The summed E-state index contributed by atoms with van der Waals surface area (Å²) in [6, 6.07) is 14.6. The van der Waals surface area contributed by atoms with E-state index in [-0.39, 0.29) is 11.9 Å². The molecule has 0 aliphatic carbocycles. The van der Waals surface area contributed by atoms with E-state index in [1.54, 1.807) is 0 Å². The number of nitrogens with zero attached hydrogens (tertiary/aromatic N) is 3. The van der Waals surface area contributed by atoms with Crippen LogP contribution in [0, 0.1) is 5.92 Å². The fourth-order valence-electron chi connectivity index (χ4n) is 4.65. The van der Waals surface area contributed by atoms with Crippen molar-refractivity contribution in [2.75, 3.05) is 30.0 Å². The monoisotopic (exact) mass is 436 g/mol. The third-order valence-electron chi connectivity index (χ3n) is 6.28. The molecule has 7 heteroatoms. The molecule has 2 fully saturated rings. The van der Waals surface area contributed by atoms with Crippen molar-refractivity contribution in [1.82, 2.24) is 9.55 Å². The molecule has 3 aromatic rings. The van der Waals surface area contributed by atoms with E-state index in [1.165, 1.54) is 17.0 Å². The number of benzene rings is 1. The summed E-state index contributed by atoms with van der Waals surface area (Å²) < 4.78 is 7.52. The predicted molar refractivity (Wildman–Crippen MR) is 124 cm³/mol. The highest BCUT2D eigenvalue weighted by atomic mass is 32.1. The van der Waals surface area contributed by atoms with E-state index in [0.717, 1.165) is 57.7 Å². The zero-order valence-electron chi connectivity index (χ0n) is 17.6. The molecule has 1 amide bonds. The van der Waals surface area contributed by atoms with Gasteiger partial charge in [0.2, 0.25) is 0 Å². The van der Waals surface area contributed by atoms with Gasteiger partial charge in [0, 0.05) is 43.6 Å². The molecular formula is C24H28N4O2S. The van der Waals surface area contributed by atoms with Gasteiger partial charge in [-0.2, -0.15) is 0 Å². The number of hydrogen-bond acceptors (Lipinski definition) is 5. The first-order chi connectivity index (χ1) is 15.3. The van der Waals surface area contributed by atoms with Gasteiger partial charge in [-0.05, 0) is 55.9 Å². The van der Waals surface area contributed by atoms with Gasteiger partial charge >= 0.3 is 0 Å². The van der Waals surface area contributed by atoms with E-state index >= 15 is 0 Å². The van der Waals surface area contributed by atoms with Crippen LogP contribution in [0.15, 0.2) is 54.0 Å². The van der Waals surface area contributed by atoms with Gasteiger partial charge in [-0.1, -0.05) is 18.2 Å². The van der Waals surface area contributed by atoms with Crippen molar-refractivity contribution >= 4 is 28.1 Å². The zero-order valence-corrected chi connectivity index (χ0v) is 18.4. The second kappa shape index (κ2) is 9.24. The zero-order chi connectivity index (χ0) is 21.0. The largest absolute Gasteiger partial charge is 0.381 e. The van der Waals surface area contributed by atoms with Crippen molar-refractivity contribution in [3.8, 4) is 0 Å². The number of carbonyl (C=O) groups is 1. The third-order valence-corrected chi connectivity index (χ3v) is 7.06. The summed E-state index contributed by atoms with van der Waals surface area (Å²) in [6.07, 6.45) is 6.33. The van der Waals surface area contributed by atoms with E-state index < -0.39 is 0 Å². The van der Waals surface area contributed by atoms with Crippen molar-refractivity contribution in [3.05, 3.63) is 65.4 Å². The Morgan fingerprint density at radius 1 is 1.13 bits per heavy atom. The molecular weight excluding hydrogens is 408 g/mol. The first-order valence-electron chi connectivity index (χ1n) is 11.1. The van der Waals surface area contributed by atoms with E-state index in [9.17, 15) is 4.79 Å². The van der Waals surface area contributed by atoms with Crippen LogP contribution in [0.3, 0.4) is 0 Å².